The Hall–Kier alpha value is -4.20. The third-order valence-corrected chi connectivity index (χ3v) is 9.51. The lowest BCUT2D eigenvalue weighted by Crippen LogP contribution is -2.39. The van der Waals surface area contributed by atoms with Crippen molar-refractivity contribution in [3.8, 4) is 11.5 Å². The number of pyridine rings is 1. The summed E-state index contributed by atoms with van der Waals surface area (Å²) in [6, 6.07) is 29.2. The van der Waals surface area contributed by atoms with Crippen LogP contribution >= 0.6 is 23.2 Å². The van der Waals surface area contributed by atoms with Gasteiger partial charge in [0.2, 0.25) is 0 Å². The van der Waals surface area contributed by atoms with Crippen molar-refractivity contribution in [2.45, 2.75) is 38.9 Å². The van der Waals surface area contributed by atoms with Crippen LogP contribution in [-0.2, 0) is 19.5 Å². The summed E-state index contributed by atoms with van der Waals surface area (Å²) in [4.78, 5) is 13.6. The SMILES string of the molecule is CC(c1ccccc1)N1COc2c(cc(Cl)c3cccnc23)C1.Clc1cc2c(c3c1=CCC=CN=3)OCN(CCc1ccccc1)C2. The first kappa shape index (κ1) is 31.4. The van der Waals surface area contributed by atoms with Crippen LogP contribution in [0.25, 0.3) is 17.0 Å². The molecule has 3 aliphatic rings. The monoisotopic (exact) mass is 662 g/mol. The summed E-state index contributed by atoms with van der Waals surface area (Å²) in [6.07, 6.45) is 9.61. The maximum atomic E-state index is 6.48. The van der Waals surface area contributed by atoms with Crippen LogP contribution in [0.15, 0.2) is 108 Å². The number of rotatable bonds is 5. The number of hydrogen-bond donors (Lipinski definition) is 0. The van der Waals surface area contributed by atoms with Gasteiger partial charge in [0, 0.05) is 59.8 Å². The van der Waals surface area contributed by atoms with Gasteiger partial charge in [-0.1, -0.05) is 96.0 Å². The Balaban J connectivity index is 0.000000150. The maximum absolute atomic E-state index is 6.48. The summed E-state index contributed by atoms with van der Waals surface area (Å²) in [6.45, 7) is 5.95. The highest BCUT2D eigenvalue weighted by molar-refractivity contribution is 6.35. The largest absolute Gasteiger partial charge is 0.475 e. The van der Waals surface area contributed by atoms with Gasteiger partial charge in [0.25, 0.3) is 0 Å². The van der Waals surface area contributed by atoms with Crippen molar-refractivity contribution in [2.24, 2.45) is 4.99 Å². The van der Waals surface area contributed by atoms with Gasteiger partial charge in [-0.3, -0.25) is 19.8 Å². The van der Waals surface area contributed by atoms with Crippen molar-refractivity contribution in [1.29, 1.82) is 0 Å². The van der Waals surface area contributed by atoms with Gasteiger partial charge in [-0.05, 0) is 55.2 Å². The Bertz CT molecular complexity index is 2040. The first-order valence-corrected chi connectivity index (χ1v) is 16.7. The zero-order valence-electron chi connectivity index (χ0n) is 26.3. The van der Waals surface area contributed by atoms with Gasteiger partial charge < -0.3 is 9.47 Å². The molecule has 0 spiro atoms. The van der Waals surface area contributed by atoms with E-state index in [4.69, 9.17) is 32.7 Å². The first-order chi connectivity index (χ1) is 23.0. The topological polar surface area (TPSA) is 50.2 Å². The standard InChI is InChI=1S/C20H19ClN2O.C19H17ClN2O/c21-18-12-16-13-23(11-9-15-6-2-1-3-7-15)14-24-20(16)19-17(18)8-4-5-10-22-19;1-13(14-6-3-2-4-7-14)22-11-15-10-17(20)16-8-5-9-21-18(16)19(15)23-12-22/h1-3,5-8,10,12H,4,9,11,13-14H2;2-10,13H,11-12H2,1H3. The van der Waals surface area contributed by atoms with E-state index in [0.717, 1.165) is 86.6 Å². The molecule has 3 aliphatic heterocycles. The molecular weight excluding hydrogens is 627 g/mol. The van der Waals surface area contributed by atoms with Crippen molar-refractivity contribution in [3.63, 3.8) is 0 Å². The van der Waals surface area contributed by atoms with Gasteiger partial charge in [0.05, 0.1) is 10.0 Å². The van der Waals surface area contributed by atoms with Crippen molar-refractivity contribution < 1.29 is 9.47 Å². The molecular formula is C39H36Cl2N4O2. The van der Waals surface area contributed by atoms with E-state index >= 15 is 0 Å². The molecule has 4 aromatic carbocycles. The molecule has 0 fully saturated rings. The van der Waals surface area contributed by atoms with Gasteiger partial charge in [-0.2, -0.15) is 0 Å². The lowest BCUT2D eigenvalue weighted by Gasteiger charge is -2.34. The zero-order valence-corrected chi connectivity index (χ0v) is 27.8. The Kier molecular flexibility index (Phi) is 9.54. The first-order valence-electron chi connectivity index (χ1n) is 16.0. The van der Waals surface area contributed by atoms with Crippen LogP contribution < -0.4 is 20.0 Å². The van der Waals surface area contributed by atoms with Gasteiger partial charge >= 0.3 is 0 Å². The molecule has 0 aliphatic carbocycles. The number of hydrogen-bond acceptors (Lipinski definition) is 6. The summed E-state index contributed by atoms with van der Waals surface area (Å²) in [5.74, 6) is 1.75. The number of aromatic nitrogens is 1. The highest BCUT2D eigenvalue weighted by atomic mass is 35.5. The van der Waals surface area contributed by atoms with Crippen molar-refractivity contribution in [1.82, 2.24) is 14.8 Å². The molecule has 8 heteroatoms. The maximum Gasteiger partial charge on any atom is 0.152 e. The molecule has 1 atom stereocenters. The van der Waals surface area contributed by atoms with E-state index in [-0.39, 0.29) is 6.04 Å². The Morgan fingerprint density at radius 2 is 1.57 bits per heavy atom. The molecule has 1 unspecified atom stereocenters. The molecule has 6 nitrogen and oxygen atoms in total. The van der Waals surface area contributed by atoms with Crippen LogP contribution in [0.1, 0.15) is 41.6 Å². The summed E-state index contributed by atoms with van der Waals surface area (Å²) in [7, 11) is 0. The minimum absolute atomic E-state index is 0.280. The Morgan fingerprint density at radius 1 is 0.830 bits per heavy atom. The number of halogens is 2. The van der Waals surface area contributed by atoms with E-state index in [1.165, 1.54) is 11.1 Å². The average molecular weight is 664 g/mol. The minimum atomic E-state index is 0.280. The fraction of sp³-hybridized carbons (Fsp3) is 0.231. The van der Waals surface area contributed by atoms with Crippen LogP contribution in [-0.4, -0.2) is 34.8 Å². The second-order valence-corrected chi connectivity index (χ2v) is 12.8. The number of allylic oxidation sites excluding steroid dienone is 1. The molecule has 0 amide bonds. The minimum Gasteiger partial charge on any atom is -0.475 e. The predicted octanol–water partition coefficient (Wildman–Crippen LogP) is 7.85. The third-order valence-electron chi connectivity index (χ3n) is 8.88. The number of benzene rings is 4. The van der Waals surface area contributed by atoms with Crippen LogP contribution in [0.2, 0.25) is 10.0 Å². The van der Waals surface area contributed by atoms with E-state index in [1.807, 2.05) is 48.7 Å². The van der Waals surface area contributed by atoms with Gasteiger partial charge in [0.1, 0.15) is 24.3 Å². The smallest absolute Gasteiger partial charge is 0.152 e. The van der Waals surface area contributed by atoms with Gasteiger partial charge in [0.15, 0.2) is 11.5 Å². The highest BCUT2D eigenvalue weighted by Gasteiger charge is 2.26. The second-order valence-electron chi connectivity index (χ2n) is 12.0. The molecule has 0 saturated heterocycles. The summed E-state index contributed by atoms with van der Waals surface area (Å²) in [5, 5.41) is 4.28. The van der Waals surface area contributed by atoms with Crippen LogP contribution in [0, 0.1) is 0 Å². The van der Waals surface area contributed by atoms with Gasteiger partial charge in [-0.25, -0.2) is 0 Å². The van der Waals surface area contributed by atoms with E-state index < -0.39 is 0 Å². The highest BCUT2D eigenvalue weighted by Crippen LogP contribution is 2.38. The molecule has 238 valence electrons. The third kappa shape index (κ3) is 6.92. The lowest BCUT2D eigenvalue weighted by molar-refractivity contribution is 0.0630. The van der Waals surface area contributed by atoms with E-state index in [1.54, 1.807) is 6.20 Å². The average Bonchev–Trinajstić information content (AvgIpc) is 3.39. The van der Waals surface area contributed by atoms with Crippen LogP contribution in [0.5, 0.6) is 11.5 Å². The van der Waals surface area contributed by atoms with E-state index in [2.05, 4.69) is 81.3 Å². The lowest BCUT2D eigenvalue weighted by atomic mass is 10.0. The normalized spacial score (nSPS) is 16.1. The molecule has 8 rings (SSSR count). The van der Waals surface area contributed by atoms with Crippen molar-refractivity contribution in [2.75, 3.05) is 20.0 Å². The number of fused-ring (bicyclic) bond motifs is 6. The molecule has 47 heavy (non-hydrogen) atoms. The molecule has 0 radical (unpaired) electrons. The van der Waals surface area contributed by atoms with Crippen LogP contribution in [0.3, 0.4) is 0 Å². The Labute approximate surface area is 285 Å². The number of ether oxygens (including phenoxy) is 2. The predicted molar refractivity (Wildman–Crippen MR) is 189 cm³/mol. The van der Waals surface area contributed by atoms with Crippen molar-refractivity contribution >= 4 is 40.2 Å². The molecule has 0 saturated carbocycles. The van der Waals surface area contributed by atoms with Gasteiger partial charge in [-0.15, -0.1) is 0 Å². The Morgan fingerprint density at radius 3 is 2.40 bits per heavy atom. The molecule has 0 bridgehead atoms. The summed E-state index contributed by atoms with van der Waals surface area (Å²) < 4.78 is 12.1. The fourth-order valence-corrected chi connectivity index (χ4v) is 6.87. The molecule has 1 aromatic heterocycles. The molecule has 4 heterocycles. The zero-order chi connectivity index (χ0) is 32.2. The summed E-state index contributed by atoms with van der Waals surface area (Å²) in [5.41, 5.74) is 5.69. The van der Waals surface area contributed by atoms with Crippen LogP contribution in [0.4, 0.5) is 0 Å². The van der Waals surface area contributed by atoms with E-state index in [9.17, 15) is 0 Å². The fourth-order valence-electron chi connectivity index (χ4n) is 6.29. The quantitative estimate of drug-likeness (QED) is 0.192. The molecule has 5 aromatic rings. The second kappa shape index (κ2) is 14.3. The number of nitrogens with zero attached hydrogens (tertiary/aromatic N) is 4. The van der Waals surface area contributed by atoms with Crippen molar-refractivity contribution in [3.05, 3.63) is 146 Å². The summed E-state index contributed by atoms with van der Waals surface area (Å²) >= 11 is 12.9. The van der Waals surface area contributed by atoms with E-state index in [0.29, 0.717) is 13.5 Å². The molecule has 0 N–H and O–H groups in total.